The van der Waals surface area contributed by atoms with Gasteiger partial charge in [0.25, 0.3) is 0 Å². The summed E-state index contributed by atoms with van der Waals surface area (Å²) in [7, 11) is 0. The molecule has 0 N–H and O–H groups in total. The molecule has 33 heavy (non-hydrogen) atoms. The van der Waals surface area contributed by atoms with E-state index in [1.54, 1.807) is 0 Å². The number of hydrogen-bond acceptors (Lipinski definition) is 3. The van der Waals surface area contributed by atoms with Gasteiger partial charge in [0, 0.05) is 18.8 Å². The minimum absolute atomic E-state index is 0.0714. The van der Waals surface area contributed by atoms with Crippen LogP contribution in [-0.4, -0.2) is 19.3 Å². The van der Waals surface area contributed by atoms with Crippen LogP contribution in [0.3, 0.4) is 0 Å². The van der Waals surface area contributed by atoms with Crippen molar-refractivity contribution in [3.8, 4) is 0 Å². The molecule has 0 fully saturated rings. The number of hydrogen-bond donors (Lipinski definition) is 0. The number of para-hydroxylation sites is 1. The van der Waals surface area contributed by atoms with Crippen molar-refractivity contribution >= 4 is 5.69 Å². The first-order valence-corrected chi connectivity index (χ1v) is 11.5. The molecule has 4 aromatic carbocycles. The second kappa shape index (κ2) is 12.6. The molecule has 3 nitrogen and oxygen atoms in total. The molecule has 168 valence electrons. The Morgan fingerprint density at radius 1 is 0.545 bits per heavy atom. The molecule has 0 radical (unpaired) electrons. The van der Waals surface area contributed by atoms with Crippen molar-refractivity contribution in [1.82, 2.24) is 0 Å². The Morgan fingerprint density at radius 3 is 1.61 bits per heavy atom. The Hall–Kier alpha value is -3.40. The zero-order valence-electron chi connectivity index (χ0n) is 18.9. The first-order chi connectivity index (χ1) is 16.4. The summed E-state index contributed by atoms with van der Waals surface area (Å²) >= 11 is 0. The molecule has 0 saturated carbocycles. The fourth-order valence-corrected chi connectivity index (χ4v) is 3.77. The average Bonchev–Trinajstić information content (AvgIpc) is 2.89. The average molecular weight is 438 g/mol. The summed E-state index contributed by atoms with van der Waals surface area (Å²) in [4.78, 5) is 2.37. The zero-order chi connectivity index (χ0) is 22.6. The van der Waals surface area contributed by atoms with E-state index in [2.05, 4.69) is 89.8 Å². The van der Waals surface area contributed by atoms with Gasteiger partial charge < -0.3 is 14.4 Å². The Kier molecular flexibility index (Phi) is 8.69. The minimum atomic E-state index is -0.0714. The van der Waals surface area contributed by atoms with Crippen molar-refractivity contribution in [2.45, 2.75) is 25.9 Å². The van der Waals surface area contributed by atoms with Crippen LogP contribution < -0.4 is 4.90 Å². The van der Waals surface area contributed by atoms with Gasteiger partial charge in [-0.25, -0.2) is 0 Å². The number of nitrogens with zero attached hydrogens (tertiary/aromatic N) is 1. The smallest absolute Gasteiger partial charge is 0.0987 e. The van der Waals surface area contributed by atoms with Crippen LogP contribution in [0.1, 0.15) is 16.7 Å². The van der Waals surface area contributed by atoms with Crippen LogP contribution in [0, 0.1) is 0 Å². The quantitative estimate of drug-likeness (QED) is 0.253. The summed E-state index contributed by atoms with van der Waals surface area (Å²) in [5, 5.41) is 0. The number of ether oxygens (including phenoxy) is 2. The molecule has 0 saturated heterocycles. The van der Waals surface area contributed by atoms with Crippen molar-refractivity contribution in [2.75, 3.05) is 18.1 Å². The fourth-order valence-electron chi connectivity index (χ4n) is 3.77. The molecule has 0 aliphatic rings. The van der Waals surface area contributed by atoms with Gasteiger partial charge in [-0.1, -0.05) is 109 Å². The third kappa shape index (κ3) is 7.60. The lowest BCUT2D eigenvalue weighted by Gasteiger charge is -2.30. The Bertz CT molecular complexity index is 1040. The largest absolute Gasteiger partial charge is 0.374 e. The van der Waals surface area contributed by atoms with E-state index in [4.69, 9.17) is 9.47 Å². The van der Waals surface area contributed by atoms with Crippen LogP contribution in [0.25, 0.3) is 0 Å². The highest BCUT2D eigenvalue weighted by Gasteiger charge is 2.17. The molecule has 4 aromatic rings. The van der Waals surface area contributed by atoms with E-state index >= 15 is 0 Å². The minimum Gasteiger partial charge on any atom is -0.374 e. The first kappa shape index (κ1) is 22.8. The molecule has 3 heteroatoms. The number of anilines is 1. The van der Waals surface area contributed by atoms with Gasteiger partial charge in [-0.2, -0.15) is 0 Å². The third-order valence-corrected chi connectivity index (χ3v) is 5.51. The molecule has 0 aliphatic carbocycles. The molecule has 0 spiro atoms. The van der Waals surface area contributed by atoms with Crippen molar-refractivity contribution in [3.05, 3.63) is 138 Å². The highest BCUT2D eigenvalue weighted by molar-refractivity contribution is 5.46. The van der Waals surface area contributed by atoms with E-state index in [0.29, 0.717) is 19.8 Å². The van der Waals surface area contributed by atoms with Crippen molar-refractivity contribution < 1.29 is 9.47 Å². The lowest BCUT2D eigenvalue weighted by molar-refractivity contribution is -0.0255. The van der Waals surface area contributed by atoms with Gasteiger partial charge in [-0.05, 0) is 28.8 Å². The maximum absolute atomic E-state index is 6.39. The normalized spacial score (nSPS) is 11.8. The number of benzene rings is 4. The Balaban J connectivity index is 1.46. The summed E-state index contributed by atoms with van der Waals surface area (Å²) in [5.41, 5.74) is 4.79. The maximum atomic E-state index is 6.39. The van der Waals surface area contributed by atoms with Crippen molar-refractivity contribution in [1.29, 1.82) is 0 Å². The second-order valence-electron chi connectivity index (χ2n) is 8.12. The Labute approximate surface area is 197 Å². The highest BCUT2D eigenvalue weighted by Crippen LogP contribution is 2.19. The van der Waals surface area contributed by atoms with Gasteiger partial charge in [0.2, 0.25) is 0 Å². The van der Waals surface area contributed by atoms with Gasteiger partial charge in [0.15, 0.2) is 0 Å². The van der Waals surface area contributed by atoms with Gasteiger partial charge in [0.05, 0.1) is 25.9 Å². The van der Waals surface area contributed by atoms with Crippen molar-refractivity contribution in [3.63, 3.8) is 0 Å². The predicted octanol–water partition coefficient (Wildman–Crippen LogP) is 6.50. The molecule has 0 heterocycles. The van der Waals surface area contributed by atoms with E-state index < -0.39 is 0 Å². The van der Waals surface area contributed by atoms with E-state index in [1.807, 2.05) is 36.4 Å². The van der Waals surface area contributed by atoms with Crippen LogP contribution in [0.2, 0.25) is 0 Å². The summed E-state index contributed by atoms with van der Waals surface area (Å²) in [6, 6.07) is 41.7. The molecule has 1 atom stereocenters. The van der Waals surface area contributed by atoms with E-state index in [-0.39, 0.29) is 6.10 Å². The lowest BCUT2D eigenvalue weighted by Crippen LogP contribution is -2.36. The maximum Gasteiger partial charge on any atom is 0.0987 e. The predicted molar refractivity (Wildman–Crippen MR) is 135 cm³/mol. The Morgan fingerprint density at radius 2 is 1.03 bits per heavy atom. The van der Waals surface area contributed by atoms with Gasteiger partial charge in [-0.15, -0.1) is 0 Å². The monoisotopic (exact) mass is 437 g/mol. The highest BCUT2D eigenvalue weighted by atomic mass is 16.5. The SMILES string of the molecule is c1ccc(COCC(CN(Cc2ccccc2)c2ccccc2)OCc2ccccc2)cc1. The van der Waals surface area contributed by atoms with Crippen LogP contribution in [0.15, 0.2) is 121 Å². The molecular formula is C30H31NO2. The zero-order valence-corrected chi connectivity index (χ0v) is 18.9. The van der Waals surface area contributed by atoms with Gasteiger partial charge in [-0.3, -0.25) is 0 Å². The summed E-state index contributed by atoms with van der Waals surface area (Å²) in [5.74, 6) is 0. The topological polar surface area (TPSA) is 21.7 Å². The fraction of sp³-hybridized carbons (Fsp3) is 0.200. The van der Waals surface area contributed by atoms with Gasteiger partial charge in [0.1, 0.15) is 0 Å². The first-order valence-electron chi connectivity index (χ1n) is 11.5. The van der Waals surface area contributed by atoms with Crippen LogP contribution in [0.4, 0.5) is 5.69 Å². The van der Waals surface area contributed by atoms with Crippen molar-refractivity contribution in [2.24, 2.45) is 0 Å². The number of rotatable bonds is 12. The summed E-state index contributed by atoms with van der Waals surface area (Å²) in [6.45, 7) is 3.22. The summed E-state index contributed by atoms with van der Waals surface area (Å²) < 4.78 is 12.5. The molecule has 4 rings (SSSR count). The molecule has 0 bridgehead atoms. The van der Waals surface area contributed by atoms with E-state index in [1.165, 1.54) is 22.4 Å². The third-order valence-electron chi connectivity index (χ3n) is 5.51. The molecular weight excluding hydrogens is 406 g/mol. The van der Waals surface area contributed by atoms with Crippen LogP contribution >= 0.6 is 0 Å². The summed E-state index contributed by atoms with van der Waals surface area (Å²) in [6.07, 6.45) is -0.0714. The molecule has 0 aliphatic heterocycles. The van der Waals surface area contributed by atoms with Crippen LogP contribution in [0.5, 0.6) is 0 Å². The molecule has 1 unspecified atom stereocenters. The molecule has 0 amide bonds. The van der Waals surface area contributed by atoms with Crippen LogP contribution in [-0.2, 0) is 29.2 Å². The van der Waals surface area contributed by atoms with E-state index in [9.17, 15) is 0 Å². The lowest BCUT2D eigenvalue weighted by atomic mass is 10.1. The van der Waals surface area contributed by atoms with E-state index in [0.717, 1.165) is 13.1 Å². The standard InChI is InChI=1S/C30H31NO2/c1-5-13-26(14-6-1)21-31(29-19-11-4-12-20-29)22-30(33-24-28-17-9-3-10-18-28)25-32-23-27-15-7-2-8-16-27/h1-20,30H,21-25H2. The molecule has 0 aromatic heterocycles. The van der Waals surface area contributed by atoms with Gasteiger partial charge >= 0.3 is 0 Å². The second-order valence-corrected chi connectivity index (χ2v) is 8.12.